The molecule has 2 N–H and O–H groups in total. The lowest BCUT2D eigenvalue weighted by Crippen LogP contribution is -2.32. The zero-order valence-corrected chi connectivity index (χ0v) is 8.16. The molecule has 1 rings (SSSR count). The molecule has 1 atom stereocenters. The van der Waals surface area contributed by atoms with Crippen LogP contribution in [0.15, 0.2) is 0 Å². The van der Waals surface area contributed by atoms with Crippen molar-refractivity contribution in [1.82, 2.24) is 5.32 Å². The molecule has 14 heavy (non-hydrogen) atoms. The first-order valence-corrected chi connectivity index (χ1v) is 4.70. The van der Waals surface area contributed by atoms with Crippen LogP contribution in [0.5, 0.6) is 0 Å². The molecule has 0 radical (unpaired) electrons. The van der Waals surface area contributed by atoms with Gasteiger partial charge >= 0.3 is 5.97 Å². The number of nitrogens with one attached hydrogen (secondary N) is 1. The first-order chi connectivity index (χ1) is 6.59. The summed E-state index contributed by atoms with van der Waals surface area (Å²) in [4.78, 5) is 21.4. The summed E-state index contributed by atoms with van der Waals surface area (Å²) in [5.41, 5.74) is 0. The number of rotatable bonds is 6. The monoisotopic (exact) mass is 201 g/mol. The number of amides is 1. The number of carbonyl (C=O) groups excluding carboxylic acids is 1. The minimum Gasteiger partial charge on any atom is -0.479 e. The second kappa shape index (κ2) is 4.95. The SMILES string of the molecule is C[C@H](OCC(=O)NCC1CC1)C(=O)O. The molecular formula is C9H15NO4. The lowest BCUT2D eigenvalue weighted by molar-refractivity contribution is -0.150. The fourth-order valence-electron chi connectivity index (χ4n) is 0.903. The van der Waals surface area contributed by atoms with E-state index in [1.807, 2.05) is 0 Å². The summed E-state index contributed by atoms with van der Waals surface area (Å²) in [6, 6.07) is 0. The van der Waals surface area contributed by atoms with Gasteiger partial charge in [0.05, 0.1) is 0 Å². The van der Waals surface area contributed by atoms with Crippen LogP contribution in [0.3, 0.4) is 0 Å². The third kappa shape index (κ3) is 4.23. The van der Waals surface area contributed by atoms with E-state index in [0.717, 1.165) is 0 Å². The molecule has 1 aliphatic rings. The lowest BCUT2D eigenvalue weighted by atomic mass is 10.4. The van der Waals surface area contributed by atoms with Crippen LogP contribution in [0.4, 0.5) is 0 Å². The molecule has 0 saturated heterocycles. The van der Waals surface area contributed by atoms with Gasteiger partial charge in [-0.2, -0.15) is 0 Å². The molecule has 0 aromatic rings. The third-order valence-electron chi connectivity index (χ3n) is 2.10. The van der Waals surface area contributed by atoms with E-state index < -0.39 is 12.1 Å². The molecule has 5 nitrogen and oxygen atoms in total. The number of carbonyl (C=O) groups is 2. The largest absolute Gasteiger partial charge is 0.479 e. The molecule has 0 aromatic carbocycles. The van der Waals surface area contributed by atoms with Crippen LogP contribution in [0.1, 0.15) is 19.8 Å². The molecule has 0 spiro atoms. The highest BCUT2D eigenvalue weighted by molar-refractivity contribution is 5.78. The molecule has 0 heterocycles. The van der Waals surface area contributed by atoms with Crippen LogP contribution in [0, 0.1) is 5.92 Å². The van der Waals surface area contributed by atoms with E-state index in [-0.39, 0.29) is 12.5 Å². The van der Waals surface area contributed by atoms with Crippen LogP contribution >= 0.6 is 0 Å². The van der Waals surface area contributed by atoms with Crippen LogP contribution < -0.4 is 5.32 Å². The maximum absolute atomic E-state index is 11.1. The van der Waals surface area contributed by atoms with Gasteiger partial charge in [0.15, 0.2) is 6.10 Å². The Morgan fingerprint density at radius 2 is 2.21 bits per heavy atom. The first-order valence-electron chi connectivity index (χ1n) is 4.70. The van der Waals surface area contributed by atoms with Crippen LogP contribution in [-0.2, 0) is 14.3 Å². The Bertz CT molecular complexity index is 225. The highest BCUT2D eigenvalue weighted by atomic mass is 16.5. The van der Waals surface area contributed by atoms with Gasteiger partial charge in [0.2, 0.25) is 5.91 Å². The molecule has 0 bridgehead atoms. The van der Waals surface area contributed by atoms with Gasteiger partial charge in [-0.25, -0.2) is 4.79 Å². The van der Waals surface area contributed by atoms with Crippen LogP contribution in [-0.4, -0.2) is 36.2 Å². The Morgan fingerprint density at radius 1 is 1.57 bits per heavy atom. The van der Waals surface area contributed by atoms with E-state index >= 15 is 0 Å². The van der Waals surface area contributed by atoms with Crippen molar-refractivity contribution >= 4 is 11.9 Å². The average Bonchev–Trinajstić information content (AvgIpc) is 2.94. The van der Waals surface area contributed by atoms with Crippen molar-refractivity contribution in [3.05, 3.63) is 0 Å². The van der Waals surface area contributed by atoms with Crippen molar-refractivity contribution < 1.29 is 19.4 Å². The van der Waals surface area contributed by atoms with Crippen LogP contribution in [0.25, 0.3) is 0 Å². The van der Waals surface area contributed by atoms with E-state index in [1.165, 1.54) is 19.8 Å². The molecule has 1 amide bonds. The molecule has 5 heteroatoms. The smallest absolute Gasteiger partial charge is 0.332 e. The normalized spacial score (nSPS) is 17.5. The first kappa shape index (κ1) is 11.0. The van der Waals surface area contributed by atoms with E-state index in [0.29, 0.717) is 12.5 Å². The zero-order chi connectivity index (χ0) is 10.6. The number of hydrogen-bond donors (Lipinski definition) is 2. The maximum Gasteiger partial charge on any atom is 0.332 e. The fraction of sp³-hybridized carbons (Fsp3) is 0.778. The third-order valence-corrected chi connectivity index (χ3v) is 2.10. The highest BCUT2D eigenvalue weighted by Crippen LogP contribution is 2.27. The standard InChI is InChI=1S/C9H15NO4/c1-6(9(12)13)14-5-8(11)10-4-7-2-3-7/h6-7H,2-5H2,1H3,(H,10,11)(H,12,13)/t6-/m0/s1. The van der Waals surface area contributed by atoms with E-state index in [2.05, 4.69) is 5.32 Å². The summed E-state index contributed by atoms with van der Waals surface area (Å²) < 4.78 is 4.81. The van der Waals surface area contributed by atoms with Gasteiger partial charge in [-0.15, -0.1) is 0 Å². The van der Waals surface area contributed by atoms with E-state index in [1.54, 1.807) is 0 Å². The van der Waals surface area contributed by atoms with Crippen LogP contribution in [0.2, 0.25) is 0 Å². The Labute approximate surface area is 82.4 Å². The van der Waals surface area contributed by atoms with Crippen molar-refractivity contribution in [1.29, 1.82) is 0 Å². The Hall–Kier alpha value is -1.10. The average molecular weight is 201 g/mol. The number of carboxylic acid groups (broad SMARTS) is 1. The van der Waals surface area contributed by atoms with Crippen molar-refractivity contribution in [2.45, 2.75) is 25.9 Å². The summed E-state index contributed by atoms with van der Waals surface area (Å²) in [6.45, 7) is 1.90. The minimum atomic E-state index is -1.06. The number of ether oxygens (including phenoxy) is 1. The quantitative estimate of drug-likeness (QED) is 0.634. The molecule has 1 fully saturated rings. The van der Waals surface area contributed by atoms with Gasteiger partial charge in [-0.1, -0.05) is 0 Å². The van der Waals surface area contributed by atoms with E-state index in [9.17, 15) is 9.59 Å². The number of hydrogen-bond acceptors (Lipinski definition) is 3. The summed E-state index contributed by atoms with van der Waals surface area (Å²) in [5, 5.41) is 11.1. The topological polar surface area (TPSA) is 75.6 Å². The molecule has 80 valence electrons. The molecular weight excluding hydrogens is 186 g/mol. The van der Waals surface area contributed by atoms with Gasteiger partial charge in [-0.05, 0) is 25.7 Å². The van der Waals surface area contributed by atoms with E-state index in [4.69, 9.17) is 9.84 Å². The van der Waals surface area contributed by atoms with Gasteiger partial charge < -0.3 is 15.2 Å². The number of carboxylic acids is 1. The fourth-order valence-corrected chi connectivity index (χ4v) is 0.903. The van der Waals surface area contributed by atoms with Crippen molar-refractivity contribution in [3.8, 4) is 0 Å². The molecule has 1 aliphatic carbocycles. The van der Waals surface area contributed by atoms with Gasteiger partial charge in [0.25, 0.3) is 0 Å². The Balaban J connectivity index is 2.04. The van der Waals surface area contributed by atoms with Gasteiger partial charge in [0.1, 0.15) is 6.61 Å². The second-order valence-corrected chi connectivity index (χ2v) is 3.54. The lowest BCUT2D eigenvalue weighted by Gasteiger charge is -2.08. The summed E-state index contributed by atoms with van der Waals surface area (Å²) in [5.74, 6) is -0.680. The minimum absolute atomic E-state index is 0.180. The summed E-state index contributed by atoms with van der Waals surface area (Å²) >= 11 is 0. The van der Waals surface area contributed by atoms with Crippen molar-refractivity contribution in [2.75, 3.05) is 13.2 Å². The second-order valence-electron chi connectivity index (χ2n) is 3.54. The zero-order valence-electron chi connectivity index (χ0n) is 8.16. The number of aliphatic carboxylic acids is 1. The molecule has 0 unspecified atom stereocenters. The predicted octanol–water partition coefficient (Wildman–Crippen LogP) is 0.00230. The molecule has 0 aliphatic heterocycles. The molecule has 0 aromatic heterocycles. The predicted molar refractivity (Wildman–Crippen MR) is 48.8 cm³/mol. The van der Waals surface area contributed by atoms with Crippen molar-refractivity contribution in [2.24, 2.45) is 5.92 Å². The van der Waals surface area contributed by atoms with Gasteiger partial charge in [0, 0.05) is 6.54 Å². The molecule has 1 saturated carbocycles. The Kier molecular flexibility index (Phi) is 3.88. The summed E-state index contributed by atoms with van der Waals surface area (Å²) in [6.07, 6.45) is 1.42. The highest BCUT2D eigenvalue weighted by Gasteiger charge is 2.21. The Morgan fingerprint density at radius 3 is 2.71 bits per heavy atom. The summed E-state index contributed by atoms with van der Waals surface area (Å²) in [7, 11) is 0. The maximum atomic E-state index is 11.1. The van der Waals surface area contributed by atoms with Gasteiger partial charge in [-0.3, -0.25) is 4.79 Å². The van der Waals surface area contributed by atoms with Crippen molar-refractivity contribution in [3.63, 3.8) is 0 Å².